The van der Waals surface area contributed by atoms with Crippen molar-refractivity contribution in [2.45, 2.75) is 25.7 Å². The van der Waals surface area contributed by atoms with E-state index in [1.54, 1.807) is 9.80 Å². The van der Waals surface area contributed by atoms with Gasteiger partial charge in [0.05, 0.1) is 0 Å². The van der Waals surface area contributed by atoms with Crippen LogP contribution in [0.25, 0.3) is 0 Å². The minimum Gasteiger partial charge on any atom is -0.396 e. The number of urea groups is 1. The van der Waals surface area contributed by atoms with E-state index in [2.05, 4.69) is 5.32 Å². The molecule has 3 amide bonds. The number of aliphatic hydroxyl groups excluding tert-OH is 1. The fourth-order valence-corrected chi connectivity index (χ4v) is 3.25. The number of hydrogen-bond acceptors (Lipinski definition) is 3. The Morgan fingerprint density at radius 3 is 2.65 bits per heavy atom. The quantitative estimate of drug-likeness (QED) is 0.896. The van der Waals surface area contributed by atoms with E-state index in [9.17, 15) is 14.7 Å². The van der Waals surface area contributed by atoms with Crippen LogP contribution >= 0.6 is 0 Å². The van der Waals surface area contributed by atoms with Gasteiger partial charge in [0, 0.05) is 44.0 Å². The van der Waals surface area contributed by atoms with Crippen LogP contribution in [0.3, 0.4) is 0 Å². The van der Waals surface area contributed by atoms with Gasteiger partial charge in [0.1, 0.15) is 0 Å². The number of nitrogens with one attached hydrogen (secondary N) is 1. The summed E-state index contributed by atoms with van der Waals surface area (Å²) in [4.78, 5) is 27.6. The summed E-state index contributed by atoms with van der Waals surface area (Å²) in [7, 11) is 0. The first kappa shape index (κ1) is 15.8. The second kappa shape index (κ2) is 7.00. The predicted octanol–water partition coefficient (Wildman–Crippen LogP) is 2.05. The molecule has 0 unspecified atom stereocenters. The average molecular weight is 317 g/mol. The number of nitrogens with zero attached hydrogens (tertiary/aromatic N) is 2. The highest BCUT2D eigenvalue weighted by Crippen LogP contribution is 2.23. The summed E-state index contributed by atoms with van der Waals surface area (Å²) in [6, 6.07) is 7.25. The molecule has 0 radical (unpaired) electrons. The van der Waals surface area contributed by atoms with Gasteiger partial charge in [0.2, 0.25) is 5.91 Å². The SMILES string of the molecule is O=C(Nc1ccc(N2CCCC2=O)cc1)N1CCC[C@@H](CO)C1. The Hall–Kier alpha value is -2.08. The van der Waals surface area contributed by atoms with Gasteiger partial charge in [-0.1, -0.05) is 0 Å². The first-order valence-electron chi connectivity index (χ1n) is 8.24. The largest absolute Gasteiger partial charge is 0.396 e. The smallest absolute Gasteiger partial charge is 0.321 e. The monoisotopic (exact) mass is 317 g/mol. The molecule has 2 fully saturated rings. The number of carbonyl (C=O) groups excluding carboxylic acids is 2. The molecule has 0 saturated carbocycles. The van der Waals surface area contributed by atoms with E-state index in [4.69, 9.17) is 0 Å². The Bertz CT molecular complexity index is 573. The highest BCUT2D eigenvalue weighted by atomic mass is 16.3. The van der Waals surface area contributed by atoms with Gasteiger partial charge >= 0.3 is 6.03 Å². The highest BCUT2D eigenvalue weighted by Gasteiger charge is 2.24. The van der Waals surface area contributed by atoms with Crippen molar-refractivity contribution in [1.29, 1.82) is 0 Å². The van der Waals surface area contributed by atoms with Crippen LogP contribution in [0.2, 0.25) is 0 Å². The predicted molar refractivity (Wildman–Crippen MR) is 88.4 cm³/mol. The lowest BCUT2D eigenvalue weighted by molar-refractivity contribution is -0.117. The Kier molecular flexibility index (Phi) is 4.81. The molecule has 6 nitrogen and oxygen atoms in total. The number of anilines is 2. The lowest BCUT2D eigenvalue weighted by Crippen LogP contribution is -2.43. The van der Waals surface area contributed by atoms with E-state index in [1.165, 1.54) is 0 Å². The first-order valence-corrected chi connectivity index (χ1v) is 8.24. The Morgan fingerprint density at radius 1 is 1.22 bits per heavy atom. The van der Waals surface area contributed by atoms with Crippen molar-refractivity contribution >= 4 is 23.3 Å². The van der Waals surface area contributed by atoms with Crippen molar-refractivity contribution in [3.05, 3.63) is 24.3 Å². The molecule has 2 aliphatic heterocycles. The van der Waals surface area contributed by atoms with Crippen LogP contribution in [0.1, 0.15) is 25.7 Å². The summed E-state index contributed by atoms with van der Waals surface area (Å²) in [5, 5.41) is 12.1. The zero-order valence-electron chi connectivity index (χ0n) is 13.2. The van der Waals surface area contributed by atoms with Gasteiger partial charge in [-0.3, -0.25) is 4.79 Å². The maximum absolute atomic E-state index is 12.3. The van der Waals surface area contributed by atoms with Crippen molar-refractivity contribution in [2.75, 3.05) is 36.5 Å². The molecule has 6 heteroatoms. The van der Waals surface area contributed by atoms with Gasteiger partial charge in [-0.2, -0.15) is 0 Å². The van der Waals surface area contributed by atoms with E-state index in [-0.39, 0.29) is 24.5 Å². The molecule has 23 heavy (non-hydrogen) atoms. The minimum atomic E-state index is -0.131. The first-order chi connectivity index (χ1) is 11.2. The molecule has 2 N–H and O–H groups in total. The molecule has 2 aliphatic rings. The van der Waals surface area contributed by atoms with Crippen molar-refractivity contribution in [3.63, 3.8) is 0 Å². The summed E-state index contributed by atoms with van der Waals surface area (Å²) in [5.74, 6) is 0.336. The molecule has 0 bridgehead atoms. The van der Waals surface area contributed by atoms with E-state index in [0.29, 0.717) is 13.0 Å². The Morgan fingerprint density at radius 2 is 2.00 bits per heavy atom. The molecule has 0 spiro atoms. The summed E-state index contributed by atoms with van der Waals surface area (Å²) >= 11 is 0. The number of piperidine rings is 1. The molecular formula is C17H23N3O3. The number of rotatable bonds is 3. The van der Waals surface area contributed by atoms with Gasteiger partial charge in [-0.25, -0.2) is 4.79 Å². The van der Waals surface area contributed by atoms with Crippen molar-refractivity contribution < 1.29 is 14.7 Å². The minimum absolute atomic E-state index is 0.127. The van der Waals surface area contributed by atoms with E-state index < -0.39 is 0 Å². The van der Waals surface area contributed by atoms with Gasteiger partial charge in [-0.05, 0) is 49.4 Å². The second-order valence-electron chi connectivity index (χ2n) is 6.26. The van der Waals surface area contributed by atoms with Crippen LogP contribution in [0.4, 0.5) is 16.2 Å². The van der Waals surface area contributed by atoms with E-state index >= 15 is 0 Å². The van der Waals surface area contributed by atoms with Gasteiger partial charge in [0.15, 0.2) is 0 Å². The van der Waals surface area contributed by atoms with E-state index in [1.807, 2.05) is 24.3 Å². The average Bonchev–Trinajstić information content (AvgIpc) is 3.01. The molecule has 2 saturated heterocycles. The van der Waals surface area contributed by atoms with Crippen LogP contribution in [0.5, 0.6) is 0 Å². The highest BCUT2D eigenvalue weighted by molar-refractivity contribution is 5.96. The van der Waals surface area contributed by atoms with Crippen molar-refractivity contribution in [1.82, 2.24) is 4.90 Å². The maximum atomic E-state index is 12.3. The summed E-state index contributed by atoms with van der Waals surface area (Å²) in [6.07, 6.45) is 3.41. The molecule has 0 aromatic heterocycles. The number of hydrogen-bond donors (Lipinski definition) is 2. The Labute approximate surface area is 136 Å². The van der Waals surface area contributed by atoms with Gasteiger partial charge in [-0.15, -0.1) is 0 Å². The third-order valence-corrected chi connectivity index (χ3v) is 4.57. The van der Waals surface area contributed by atoms with Crippen LogP contribution in [0, 0.1) is 5.92 Å². The normalized spacial score (nSPS) is 21.6. The molecule has 124 valence electrons. The third kappa shape index (κ3) is 3.64. The zero-order chi connectivity index (χ0) is 16.2. The third-order valence-electron chi connectivity index (χ3n) is 4.57. The molecule has 1 aromatic carbocycles. The number of amides is 3. The summed E-state index contributed by atoms with van der Waals surface area (Å²) in [5.41, 5.74) is 1.60. The second-order valence-corrected chi connectivity index (χ2v) is 6.26. The molecule has 1 aromatic rings. The maximum Gasteiger partial charge on any atom is 0.321 e. The number of likely N-dealkylation sites (tertiary alicyclic amines) is 1. The van der Waals surface area contributed by atoms with E-state index in [0.717, 1.165) is 43.7 Å². The fraction of sp³-hybridized carbons (Fsp3) is 0.529. The molecule has 1 atom stereocenters. The molecule has 3 rings (SSSR count). The lowest BCUT2D eigenvalue weighted by Gasteiger charge is -2.31. The van der Waals surface area contributed by atoms with Crippen molar-refractivity contribution in [2.24, 2.45) is 5.92 Å². The molecular weight excluding hydrogens is 294 g/mol. The van der Waals surface area contributed by atoms with Crippen LogP contribution < -0.4 is 10.2 Å². The number of carbonyl (C=O) groups is 2. The lowest BCUT2D eigenvalue weighted by atomic mass is 9.99. The van der Waals surface area contributed by atoms with Crippen molar-refractivity contribution in [3.8, 4) is 0 Å². The summed E-state index contributed by atoms with van der Waals surface area (Å²) in [6.45, 7) is 2.22. The Balaban J connectivity index is 1.59. The van der Waals surface area contributed by atoms with Gasteiger partial charge < -0.3 is 20.2 Å². The molecule has 2 heterocycles. The van der Waals surface area contributed by atoms with Gasteiger partial charge in [0.25, 0.3) is 0 Å². The number of benzene rings is 1. The standard InChI is InChI=1S/C17H23N3O3/c21-12-13-3-1-9-19(11-13)17(23)18-14-5-7-15(8-6-14)20-10-2-4-16(20)22/h5-8,13,21H,1-4,9-12H2,(H,18,23)/t13-/m1/s1. The fourth-order valence-electron chi connectivity index (χ4n) is 3.25. The van der Waals surface area contributed by atoms with Crippen LogP contribution in [0.15, 0.2) is 24.3 Å². The number of aliphatic hydroxyl groups is 1. The summed E-state index contributed by atoms with van der Waals surface area (Å²) < 4.78 is 0. The molecule has 0 aliphatic carbocycles. The topological polar surface area (TPSA) is 72.9 Å². The zero-order valence-corrected chi connectivity index (χ0v) is 13.2. The van der Waals surface area contributed by atoms with Crippen LogP contribution in [-0.4, -0.2) is 48.2 Å². The van der Waals surface area contributed by atoms with Crippen LogP contribution in [-0.2, 0) is 4.79 Å².